The maximum absolute atomic E-state index is 12.2. The fourth-order valence-electron chi connectivity index (χ4n) is 0.755. The van der Waals surface area contributed by atoms with Gasteiger partial charge in [0.1, 0.15) is 5.75 Å². The Morgan fingerprint density at radius 3 is 2.31 bits per heavy atom. The summed E-state index contributed by atoms with van der Waals surface area (Å²) < 4.78 is 36.3. The highest BCUT2D eigenvalue weighted by atomic mass is 79.9. The second-order valence-corrected chi connectivity index (χ2v) is 3.54. The molecule has 0 saturated heterocycles. The van der Waals surface area contributed by atoms with Crippen LogP contribution in [0.5, 0.6) is 5.75 Å². The van der Waals surface area contributed by atoms with Crippen molar-refractivity contribution in [1.29, 1.82) is 0 Å². The van der Waals surface area contributed by atoms with E-state index in [2.05, 4.69) is 15.9 Å². The van der Waals surface area contributed by atoms with E-state index in [1.165, 1.54) is 0 Å². The molecule has 6 heteroatoms. The predicted octanol–water partition coefficient (Wildman–Crippen LogP) is 3.83. The van der Waals surface area contributed by atoms with E-state index in [0.717, 1.165) is 6.07 Å². The molecule has 0 aliphatic carbocycles. The Morgan fingerprint density at radius 1 is 1.31 bits per heavy atom. The van der Waals surface area contributed by atoms with Crippen molar-refractivity contribution in [3.63, 3.8) is 0 Å². The molecule has 1 aromatic carbocycles. The van der Waals surface area contributed by atoms with Gasteiger partial charge in [-0.25, -0.2) is 0 Å². The monoisotopic (exact) mass is 274 g/mol. The molecule has 13 heavy (non-hydrogen) atoms. The fraction of sp³-hybridized carbons (Fsp3) is 0.143. The molecule has 0 aromatic heterocycles. The number of alkyl halides is 3. The number of hydrogen-bond acceptors (Lipinski definition) is 1. The van der Waals surface area contributed by atoms with Crippen molar-refractivity contribution in [2.45, 2.75) is 6.18 Å². The Labute approximate surface area is 85.3 Å². The highest BCUT2D eigenvalue weighted by Gasteiger charge is 2.33. The summed E-state index contributed by atoms with van der Waals surface area (Å²) >= 11 is 8.09. The van der Waals surface area contributed by atoms with Crippen LogP contribution in [0.15, 0.2) is 16.6 Å². The lowest BCUT2D eigenvalue weighted by atomic mass is 10.2. The summed E-state index contributed by atoms with van der Waals surface area (Å²) in [5, 5.41) is 8.81. The summed E-state index contributed by atoms with van der Waals surface area (Å²) in [7, 11) is 0. The second kappa shape index (κ2) is 3.38. The molecule has 0 amide bonds. The quantitative estimate of drug-likeness (QED) is 0.763. The number of halogens is 5. The number of hydrogen-bond donors (Lipinski definition) is 1. The third-order valence-electron chi connectivity index (χ3n) is 1.34. The van der Waals surface area contributed by atoms with Gasteiger partial charge in [-0.3, -0.25) is 0 Å². The van der Waals surface area contributed by atoms with Crippen LogP contribution in [0.3, 0.4) is 0 Å². The molecule has 0 heterocycles. The maximum Gasteiger partial charge on any atom is 0.417 e. The van der Waals surface area contributed by atoms with Gasteiger partial charge >= 0.3 is 6.18 Å². The van der Waals surface area contributed by atoms with Crippen LogP contribution < -0.4 is 0 Å². The van der Waals surface area contributed by atoms with Gasteiger partial charge in [0.15, 0.2) is 0 Å². The lowest BCUT2D eigenvalue weighted by Crippen LogP contribution is -2.05. The van der Waals surface area contributed by atoms with Crippen LogP contribution in [0.2, 0.25) is 5.02 Å². The normalized spacial score (nSPS) is 11.8. The largest absolute Gasteiger partial charge is 0.506 e. The van der Waals surface area contributed by atoms with E-state index < -0.39 is 17.5 Å². The Kier molecular flexibility index (Phi) is 2.77. The summed E-state index contributed by atoms with van der Waals surface area (Å²) in [5.74, 6) is -0.586. The third-order valence-corrected chi connectivity index (χ3v) is 2.30. The van der Waals surface area contributed by atoms with Crippen molar-refractivity contribution in [3.8, 4) is 5.75 Å². The van der Waals surface area contributed by atoms with Crippen LogP contribution in [-0.4, -0.2) is 5.11 Å². The molecule has 0 bridgehead atoms. The number of rotatable bonds is 0. The molecule has 1 nitrogen and oxygen atoms in total. The zero-order chi connectivity index (χ0) is 10.2. The van der Waals surface area contributed by atoms with Gasteiger partial charge in [-0.1, -0.05) is 27.5 Å². The predicted molar refractivity (Wildman–Crippen MR) is 45.8 cm³/mol. The Bertz CT molecular complexity index is 337. The molecule has 0 aliphatic rings. The molecule has 1 aromatic rings. The van der Waals surface area contributed by atoms with E-state index in [1.807, 2.05) is 0 Å². The van der Waals surface area contributed by atoms with Gasteiger partial charge in [-0.05, 0) is 12.1 Å². The van der Waals surface area contributed by atoms with E-state index in [1.54, 1.807) is 0 Å². The Balaban J connectivity index is 3.32. The van der Waals surface area contributed by atoms with Gasteiger partial charge in [-0.2, -0.15) is 13.2 Å². The SMILES string of the molecule is Oc1cc(C(F)(F)F)c(Br)cc1Cl. The molecule has 0 radical (unpaired) electrons. The summed E-state index contributed by atoms with van der Waals surface area (Å²) in [4.78, 5) is 0. The molecule has 72 valence electrons. The molecule has 0 unspecified atom stereocenters. The topological polar surface area (TPSA) is 20.2 Å². The second-order valence-electron chi connectivity index (χ2n) is 2.28. The minimum Gasteiger partial charge on any atom is -0.506 e. The summed E-state index contributed by atoms with van der Waals surface area (Å²) in [6.07, 6.45) is -4.50. The molecular weight excluding hydrogens is 272 g/mol. The van der Waals surface area contributed by atoms with Crippen LogP contribution in [0, 0.1) is 0 Å². The molecule has 0 saturated carbocycles. The lowest BCUT2D eigenvalue weighted by molar-refractivity contribution is -0.138. The molecule has 1 rings (SSSR count). The third kappa shape index (κ3) is 2.28. The van der Waals surface area contributed by atoms with Gasteiger partial charge in [-0.15, -0.1) is 0 Å². The van der Waals surface area contributed by atoms with Crippen molar-refractivity contribution in [2.75, 3.05) is 0 Å². The first-order valence-corrected chi connectivity index (χ1v) is 4.24. The van der Waals surface area contributed by atoms with Crippen LogP contribution in [-0.2, 0) is 6.18 Å². The van der Waals surface area contributed by atoms with Crippen molar-refractivity contribution in [3.05, 3.63) is 27.2 Å². The average molecular weight is 275 g/mol. The van der Waals surface area contributed by atoms with Crippen molar-refractivity contribution < 1.29 is 18.3 Å². The van der Waals surface area contributed by atoms with Gasteiger partial charge in [0, 0.05) is 4.47 Å². The van der Waals surface area contributed by atoms with E-state index >= 15 is 0 Å². The first-order chi connectivity index (χ1) is 5.82. The first kappa shape index (κ1) is 10.7. The maximum atomic E-state index is 12.2. The highest BCUT2D eigenvalue weighted by Crippen LogP contribution is 2.39. The zero-order valence-electron chi connectivity index (χ0n) is 5.99. The van der Waals surface area contributed by atoms with Gasteiger partial charge in [0.2, 0.25) is 0 Å². The van der Waals surface area contributed by atoms with Crippen molar-refractivity contribution in [1.82, 2.24) is 0 Å². The van der Waals surface area contributed by atoms with Crippen LogP contribution in [0.25, 0.3) is 0 Å². The van der Waals surface area contributed by atoms with E-state index in [0.29, 0.717) is 6.07 Å². The molecule has 0 aliphatic heterocycles. The number of phenolic OH excluding ortho intramolecular Hbond substituents is 1. The molecule has 1 N–H and O–H groups in total. The minimum absolute atomic E-state index is 0.125. The standard InChI is InChI=1S/C7H3BrClF3O/c8-4-2-5(9)6(13)1-3(4)7(10,11)12/h1-2,13H. The summed E-state index contributed by atoms with van der Waals surface area (Å²) in [6.45, 7) is 0. The number of phenols is 1. The van der Waals surface area contributed by atoms with Gasteiger partial charge in [0.25, 0.3) is 0 Å². The number of benzene rings is 1. The van der Waals surface area contributed by atoms with Crippen LogP contribution >= 0.6 is 27.5 Å². The lowest BCUT2D eigenvalue weighted by Gasteiger charge is -2.09. The Morgan fingerprint density at radius 2 is 1.85 bits per heavy atom. The molecule has 0 spiro atoms. The van der Waals surface area contributed by atoms with Crippen LogP contribution in [0.4, 0.5) is 13.2 Å². The average Bonchev–Trinajstić information content (AvgIpc) is 1.94. The zero-order valence-corrected chi connectivity index (χ0v) is 8.33. The van der Waals surface area contributed by atoms with Crippen molar-refractivity contribution >= 4 is 27.5 Å². The summed E-state index contributed by atoms with van der Waals surface area (Å²) in [6, 6.07) is 1.58. The molecular formula is C7H3BrClF3O. The molecule has 0 fully saturated rings. The minimum atomic E-state index is -4.50. The fourth-order valence-corrected chi connectivity index (χ4v) is 1.62. The first-order valence-electron chi connectivity index (χ1n) is 3.07. The smallest absolute Gasteiger partial charge is 0.417 e. The van der Waals surface area contributed by atoms with Crippen LogP contribution in [0.1, 0.15) is 5.56 Å². The summed E-state index contributed by atoms with van der Waals surface area (Å²) in [5.41, 5.74) is -0.950. The van der Waals surface area contributed by atoms with E-state index in [9.17, 15) is 13.2 Å². The van der Waals surface area contributed by atoms with Crippen molar-refractivity contribution in [2.24, 2.45) is 0 Å². The van der Waals surface area contributed by atoms with E-state index in [-0.39, 0.29) is 9.50 Å². The van der Waals surface area contributed by atoms with Gasteiger partial charge < -0.3 is 5.11 Å². The Hall–Kier alpha value is -0.420. The highest BCUT2D eigenvalue weighted by molar-refractivity contribution is 9.10. The number of aromatic hydroxyl groups is 1. The van der Waals surface area contributed by atoms with Gasteiger partial charge in [0.05, 0.1) is 10.6 Å². The molecule has 0 atom stereocenters. The van der Waals surface area contributed by atoms with E-state index in [4.69, 9.17) is 16.7 Å².